The van der Waals surface area contributed by atoms with Crippen molar-refractivity contribution in [2.45, 2.75) is 183 Å². The molecule has 8 atom stereocenters. The SMILES string of the molecule is CCCC(=O)c1ccc2c(N3CC[C@H](C(=O)N4CCn5c(nnc5C(F)(F)F)C4)[C@H](C)C3)ccnc2c1.C[C@@H]1CN(c2ccnc3c(Cl)c(Cl)ccc23)CC[C@@H]1C(=O)N1CCn2c(nnc2C(F)(F)F)C1.C[C@@H]1CN(c2ccnc3cc(C(=O)CC45CC(C4)C5)ccc23)CC[C@@H]1C(=O)N1CCn2c(nnc2C(F)(F)F)C1.C[C@@H]1CN(c2ccnc3cc(OC(F)F)ccc23)CC[C@@H]1C(=O)N1CCn2c(nnc2C(F)(F)F)C1. The Morgan fingerprint density at radius 2 is 0.701 bits per heavy atom. The van der Waals surface area contributed by atoms with Gasteiger partial charge in [0.25, 0.3) is 0 Å². The minimum Gasteiger partial charge on any atom is -0.435 e. The van der Waals surface area contributed by atoms with Crippen LogP contribution in [-0.4, -0.2) is 219 Å². The Bertz CT molecular complexity index is 7020. The molecule has 47 heteroatoms. The molecule has 0 radical (unpaired) electrons. The number of nitrogens with zero attached hydrogens (tertiary/aromatic N) is 24. The van der Waals surface area contributed by atoms with Gasteiger partial charge in [0.15, 0.2) is 34.9 Å². The average Bonchev–Trinajstić information content (AvgIpc) is 1.56. The fourth-order valence-electron chi connectivity index (χ4n) is 22.9. The number of hydrogen-bond donors (Lipinski definition) is 0. The Kier molecular flexibility index (Phi) is 28.5. The molecule has 7 fully saturated rings. The van der Waals surface area contributed by atoms with Gasteiger partial charge in [-0.3, -0.25) is 48.7 Å². The monoisotopic (exact) mass is 2090 g/mol. The maximum Gasteiger partial charge on any atom is 0.451 e. The highest BCUT2D eigenvalue weighted by molar-refractivity contribution is 6.45. The molecule has 3 saturated carbocycles. The number of aromatic nitrogens is 16. The first-order valence-electron chi connectivity index (χ1n) is 49.1. The summed E-state index contributed by atoms with van der Waals surface area (Å²) in [5, 5.41) is 32.4. The minimum absolute atomic E-state index is 0.00356. The zero-order valence-corrected chi connectivity index (χ0v) is 82.1. The van der Waals surface area contributed by atoms with E-state index >= 15 is 0 Å². The molecule has 0 unspecified atom stereocenters. The number of piperidine rings is 4. The standard InChI is InChI=1S/C29H31F3N6O2.C26H29F3N6O2.C23H23F5N6O2.C22H21Cl2F3N6O/c1-17-15-36(7-5-20(17)26(40)37-8-9-38-25(16-37)34-35-27(38)29(30,31)32)23-4-6-33-22-10-19(2-3-21(22)23)24(39)14-28-11-18(12-28)13-28;1-3-4-22(36)17-5-6-19-20(13-17)30-9-7-21(19)33-10-8-18(16(2)14-33)24(37)34-11-12-35-23(15-34)31-32-25(35)26(27,28)29;1-13-11-32(18-4-6-29-17-10-14(36-22(24)25)2-3-16(17)18)7-5-15(13)20(35)33-8-9-34-19(12-33)30-31-21(34)23(26,27)28;1-12-10-31(16-4-6-28-19-14(16)2-3-15(23)18(19)24)7-5-13(12)20(34)32-8-9-33-17(11-32)29-30-21(33)22(25,26)27/h2-4,6,10,17-18,20H,5,7-9,11-16H2,1H3;5-7,9,13,16,18H,3-4,8,10-12,14-15H2,1-2H3;2-4,6,10,13,15,22H,5,7-9,11-12H2,1H3;2-4,6,12-13H,5,7-11H2,1H3/t17-,18?,20+,28?;16-,18+;13-,15+;12-,13+/m1111/s1. The summed E-state index contributed by atoms with van der Waals surface area (Å²) in [5.41, 5.74) is 8.27. The Balaban J connectivity index is 0.000000124. The quantitative estimate of drug-likeness (QED) is 0.0641. The Morgan fingerprint density at radius 1 is 0.388 bits per heavy atom. The second-order valence-corrected chi connectivity index (χ2v) is 40.8. The van der Waals surface area contributed by atoms with Gasteiger partial charge < -0.3 is 62.2 Å². The van der Waals surface area contributed by atoms with Gasteiger partial charge >= 0.3 is 31.3 Å². The van der Waals surface area contributed by atoms with E-state index in [9.17, 15) is 90.2 Å². The number of amides is 4. The van der Waals surface area contributed by atoms with Crippen molar-refractivity contribution in [1.29, 1.82) is 0 Å². The van der Waals surface area contributed by atoms with Crippen LogP contribution in [0.3, 0.4) is 0 Å². The lowest BCUT2D eigenvalue weighted by Crippen LogP contribution is -2.52. The lowest BCUT2D eigenvalue weighted by atomic mass is 9.43. The highest BCUT2D eigenvalue weighted by Crippen LogP contribution is 2.66. The first-order valence-corrected chi connectivity index (χ1v) is 49.8. The van der Waals surface area contributed by atoms with E-state index in [2.05, 4.69) is 85.1 Å². The summed E-state index contributed by atoms with van der Waals surface area (Å²) in [4.78, 5) is 112. The Hall–Kier alpha value is -13.1. The summed E-state index contributed by atoms with van der Waals surface area (Å²) in [6, 6.07) is 27.4. The number of alkyl halides is 14. The Labute approximate surface area is 842 Å². The first-order chi connectivity index (χ1) is 70.0. The van der Waals surface area contributed by atoms with Gasteiger partial charge in [-0.15, -0.1) is 40.8 Å². The number of halogens is 16. The normalized spacial score (nSPS) is 22.6. The van der Waals surface area contributed by atoms with E-state index in [4.69, 9.17) is 23.2 Å². The van der Waals surface area contributed by atoms with Crippen LogP contribution in [0, 0.1) is 58.7 Å². The minimum atomic E-state index is -4.59. The van der Waals surface area contributed by atoms with Crippen molar-refractivity contribution in [3.05, 3.63) is 184 Å². The number of Topliss-reactive ketones (excluding diaryl/α,β-unsaturated/α-hetero) is 2. The number of ketones is 2. The van der Waals surface area contributed by atoms with Gasteiger partial charge in [0.2, 0.25) is 46.9 Å². The molecular weight excluding hydrogens is 1990 g/mol. The zero-order valence-electron chi connectivity index (χ0n) is 80.6. The maximum atomic E-state index is 13.4. The zero-order chi connectivity index (χ0) is 104. The highest BCUT2D eigenvalue weighted by Gasteiger charge is 2.57. The van der Waals surface area contributed by atoms with E-state index < -0.39 is 54.6 Å². The highest BCUT2D eigenvalue weighted by atomic mass is 35.5. The van der Waals surface area contributed by atoms with E-state index in [0.29, 0.717) is 118 Å². The van der Waals surface area contributed by atoms with Gasteiger partial charge in [-0.25, -0.2) is 0 Å². The van der Waals surface area contributed by atoms with Crippen LogP contribution in [0.2, 0.25) is 10.0 Å². The molecule has 4 aromatic carbocycles. The number of anilines is 4. The van der Waals surface area contributed by atoms with Gasteiger partial charge in [0.1, 0.15) is 5.75 Å². The number of ether oxygens (including phenoxy) is 1. The molecule has 8 aromatic heterocycles. The van der Waals surface area contributed by atoms with Crippen LogP contribution in [-0.2, 0) is 96.2 Å². The van der Waals surface area contributed by atoms with Gasteiger partial charge in [0, 0.05) is 228 Å². The van der Waals surface area contributed by atoms with Crippen molar-refractivity contribution in [3.8, 4) is 5.75 Å². The third-order valence-electron chi connectivity index (χ3n) is 30.5. The van der Waals surface area contributed by atoms with Crippen molar-refractivity contribution in [2.75, 3.05) is 98.1 Å². The van der Waals surface area contributed by atoms with Crippen LogP contribution in [0.15, 0.2) is 116 Å². The molecule has 147 heavy (non-hydrogen) atoms. The molecule has 8 aliphatic heterocycles. The van der Waals surface area contributed by atoms with Gasteiger partial charge in [-0.2, -0.15) is 61.5 Å². The number of hydrogen-bond acceptors (Lipinski definition) is 23. The molecule has 778 valence electrons. The number of carbonyl (C=O) groups is 6. The summed E-state index contributed by atoms with van der Waals surface area (Å²) < 4.78 is 191. The molecule has 31 nitrogen and oxygen atoms in total. The van der Waals surface area contributed by atoms with Gasteiger partial charge in [-0.1, -0.05) is 70.0 Å². The molecule has 11 aliphatic rings. The smallest absolute Gasteiger partial charge is 0.435 e. The lowest BCUT2D eigenvalue weighted by Gasteiger charge is -2.62. The van der Waals surface area contributed by atoms with E-state index in [0.717, 1.165) is 91.5 Å². The van der Waals surface area contributed by atoms with E-state index in [1.807, 2.05) is 101 Å². The molecular formula is C100H104Cl2F14N24O7. The molecule has 0 N–H and O–H groups in total. The van der Waals surface area contributed by atoms with Crippen molar-refractivity contribution >= 4 is 125 Å². The first kappa shape index (κ1) is 102. The fraction of sp³-hybridized carbons (Fsp3) is 0.500. The van der Waals surface area contributed by atoms with Crippen LogP contribution in [0.1, 0.15) is 166 Å². The number of benzene rings is 4. The van der Waals surface area contributed by atoms with Crippen molar-refractivity contribution in [1.82, 2.24) is 98.6 Å². The van der Waals surface area contributed by atoms with Crippen LogP contribution in [0.25, 0.3) is 43.6 Å². The van der Waals surface area contributed by atoms with Crippen LogP contribution >= 0.6 is 23.2 Å². The molecule has 0 spiro atoms. The fourth-order valence-corrected chi connectivity index (χ4v) is 23.3. The van der Waals surface area contributed by atoms with Crippen LogP contribution in [0.4, 0.5) is 84.2 Å². The maximum absolute atomic E-state index is 13.4. The predicted octanol–water partition coefficient (Wildman–Crippen LogP) is 17.7. The largest absolute Gasteiger partial charge is 0.451 e. The van der Waals surface area contributed by atoms with Crippen molar-refractivity contribution in [2.24, 2.45) is 58.7 Å². The van der Waals surface area contributed by atoms with E-state index in [-0.39, 0.29) is 196 Å². The number of pyridine rings is 4. The summed E-state index contributed by atoms with van der Waals surface area (Å²) >= 11 is 12.5. The molecule has 12 aromatic rings. The summed E-state index contributed by atoms with van der Waals surface area (Å²) in [6.07, 6.45) is -3.49. The van der Waals surface area contributed by atoms with Crippen LogP contribution < -0.4 is 24.3 Å². The molecule has 16 heterocycles. The summed E-state index contributed by atoms with van der Waals surface area (Å²) in [5.74, 6) is -3.34. The third kappa shape index (κ3) is 20.9. The van der Waals surface area contributed by atoms with Gasteiger partial charge in [-0.05, 0) is 159 Å². The molecule has 2 bridgehead atoms. The van der Waals surface area contributed by atoms with E-state index in [1.165, 1.54) is 31.4 Å². The molecule has 3 aliphatic carbocycles. The summed E-state index contributed by atoms with van der Waals surface area (Å²) in [7, 11) is 0. The third-order valence-corrected chi connectivity index (χ3v) is 31.3. The van der Waals surface area contributed by atoms with Crippen molar-refractivity contribution < 1.29 is 95.0 Å². The van der Waals surface area contributed by atoms with E-state index in [1.54, 1.807) is 56.5 Å². The molecule has 4 amide bonds. The lowest BCUT2D eigenvalue weighted by molar-refractivity contribution is -0.149. The number of rotatable bonds is 16. The number of carbonyl (C=O) groups excluding carboxylic acids is 6. The van der Waals surface area contributed by atoms with Crippen LogP contribution in [0.5, 0.6) is 5.75 Å². The molecule has 23 rings (SSSR count). The molecule has 4 saturated heterocycles. The average molecular weight is 2090 g/mol. The topological polar surface area (TPSA) is 312 Å². The summed E-state index contributed by atoms with van der Waals surface area (Å²) in [6.45, 7) is 13.2. The van der Waals surface area contributed by atoms with Gasteiger partial charge in [0.05, 0.1) is 58.3 Å². The Morgan fingerprint density at radius 3 is 1.01 bits per heavy atom. The number of fused-ring (bicyclic) bond motifs is 8. The predicted molar refractivity (Wildman–Crippen MR) is 511 cm³/mol. The second-order valence-electron chi connectivity index (χ2n) is 40.0. The second kappa shape index (κ2) is 40.9. The van der Waals surface area contributed by atoms with Crippen molar-refractivity contribution in [3.63, 3.8) is 0 Å².